The number of likely N-dealkylation sites (N-methyl/N-ethyl adjacent to an activating group) is 1. The molecule has 10 heteroatoms. The van der Waals surface area contributed by atoms with Crippen molar-refractivity contribution >= 4 is 13.7 Å². The molecule has 4 unspecified atom stereocenters. The van der Waals surface area contributed by atoms with Crippen LogP contribution in [0.15, 0.2) is 12.2 Å². The van der Waals surface area contributed by atoms with E-state index in [0.29, 0.717) is 23.9 Å². The molecule has 0 rings (SSSR count). The normalized spacial score (nSPS) is 15.1. The molecule has 0 bridgehead atoms. The number of nitrogens with zero attached hydrogens (tertiary/aromatic N) is 1. The third-order valence-corrected chi connectivity index (χ3v) is 11.1. The van der Waals surface area contributed by atoms with Gasteiger partial charge in [-0.1, -0.05) is 167 Å². The van der Waals surface area contributed by atoms with Crippen LogP contribution in [0, 0.1) is 0 Å². The number of rotatable bonds is 40. The van der Waals surface area contributed by atoms with Gasteiger partial charge in [-0.25, -0.2) is 4.57 Å². The predicted octanol–water partition coefficient (Wildman–Crippen LogP) is 10.9. The van der Waals surface area contributed by atoms with Gasteiger partial charge in [0.15, 0.2) is 0 Å². The fourth-order valence-electron chi connectivity index (χ4n) is 6.50. The molecule has 1 amide bonds. The summed E-state index contributed by atoms with van der Waals surface area (Å²) in [5.74, 6) is -0.266. The van der Waals surface area contributed by atoms with E-state index in [0.717, 1.165) is 32.1 Å². The Bertz CT molecular complexity index is 898. The molecule has 0 heterocycles. The number of aliphatic hydroxyl groups is 2. The Morgan fingerprint density at radius 2 is 1.06 bits per heavy atom. The Kier molecular flexibility index (Phi) is 35.1. The molecule has 0 saturated carbocycles. The second-order valence-electron chi connectivity index (χ2n) is 16.6. The van der Waals surface area contributed by atoms with Crippen LogP contribution in [-0.2, 0) is 18.4 Å². The highest BCUT2D eigenvalue weighted by molar-refractivity contribution is 7.47. The Labute approximate surface area is 327 Å². The lowest BCUT2D eigenvalue weighted by Gasteiger charge is -2.28. The van der Waals surface area contributed by atoms with Crippen LogP contribution in [0.1, 0.15) is 200 Å². The number of unbranched alkanes of at least 4 members (excludes halogenated alkanes) is 24. The SMILES string of the molecule is CCCCCCCCC/C=C/CCCC(O)C(O)C(COP(=O)(O)OCC[N+](C)(C)C)NC(=O)CCCCCCCCCCCCCCCCCCC. The predicted molar refractivity (Wildman–Crippen MR) is 223 cm³/mol. The van der Waals surface area contributed by atoms with Gasteiger partial charge in [0, 0.05) is 6.42 Å². The summed E-state index contributed by atoms with van der Waals surface area (Å²) in [6.07, 6.45) is 35.6. The molecule has 4 atom stereocenters. The monoisotopic (exact) mass is 776 g/mol. The highest BCUT2D eigenvalue weighted by atomic mass is 31.2. The molecule has 0 aromatic rings. The van der Waals surface area contributed by atoms with Crippen molar-refractivity contribution in [2.45, 2.75) is 218 Å². The van der Waals surface area contributed by atoms with Crippen LogP contribution in [0.3, 0.4) is 0 Å². The molecular formula is C43H88N2O7P+. The molecule has 0 aliphatic rings. The third-order valence-electron chi connectivity index (χ3n) is 10.1. The van der Waals surface area contributed by atoms with Crippen molar-refractivity contribution in [2.75, 3.05) is 40.9 Å². The second kappa shape index (κ2) is 35.6. The van der Waals surface area contributed by atoms with E-state index in [4.69, 9.17) is 9.05 Å². The molecular weight excluding hydrogens is 687 g/mol. The number of phosphoric ester groups is 1. The van der Waals surface area contributed by atoms with Gasteiger partial charge < -0.3 is 24.9 Å². The molecule has 0 aliphatic carbocycles. The van der Waals surface area contributed by atoms with Crippen LogP contribution in [-0.4, -0.2) is 84.6 Å². The van der Waals surface area contributed by atoms with E-state index in [1.807, 2.05) is 21.1 Å². The van der Waals surface area contributed by atoms with Crippen molar-refractivity contribution in [3.8, 4) is 0 Å². The topological polar surface area (TPSA) is 125 Å². The van der Waals surface area contributed by atoms with Gasteiger partial charge in [-0.2, -0.15) is 0 Å². The van der Waals surface area contributed by atoms with Gasteiger partial charge in [-0.15, -0.1) is 0 Å². The summed E-state index contributed by atoms with van der Waals surface area (Å²) in [5.41, 5.74) is 0. The van der Waals surface area contributed by atoms with Crippen LogP contribution in [0.2, 0.25) is 0 Å². The number of hydrogen-bond acceptors (Lipinski definition) is 6. The lowest BCUT2D eigenvalue weighted by molar-refractivity contribution is -0.870. The van der Waals surface area contributed by atoms with Crippen molar-refractivity contribution in [2.24, 2.45) is 0 Å². The van der Waals surface area contributed by atoms with Crippen molar-refractivity contribution in [3.63, 3.8) is 0 Å². The van der Waals surface area contributed by atoms with Gasteiger partial charge in [0.25, 0.3) is 0 Å². The molecule has 0 fully saturated rings. The minimum Gasteiger partial charge on any atom is -0.390 e. The largest absolute Gasteiger partial charge is 0.472 e. The highest BCUT2D eigenvalue weighted by Gasteiger charge is 2.31. The number of carbonyl (C=O) groups excluding carboxylic acids is 1. The van der Waals surface area contributed by atoms with E-state index >= 15 is 0 Å². The summed E-state index contributed by atoms with van der Waals surface area (Å²) in [6, 6.07) is -1.04. The maximum Gasteiger partial charge on any atom is 0.472 e. The number of hydrogen-bond donors (Lipinski definition) is 4. The number of allylic oxidation sites excluding steroid dienone is 2. The quantitative estimate of drug-likeness (QED) is 0.0211. The van der Waals surface area contributed by atoms with Gasteiger partial charge >= 0.3 is 7.82 Å². The maximum absolute atomic E-state index is 12.9. The average Bonchev–Trinajstić information content (AvgIpc) is 3.10. The van der Waals surface area contributed by atoms with Crippen molar-refractivity contribution in [1.82, 2.24) is 5.32 Å². The molecule has 0 aliphatic heterocycles. The number of amides is 1. The van der Waals surface area contributed by atoms with E-state index < -0.39 is 32.7 Å². The first kappa shape index (κ1) is 52.2. The Morgan fingerprint density at radius 1 is 0.642 bits per heavy atom. The van der Waals surface area contributed by atoms with Gasteiger partial charge in [0.1, 0.15) is 19.3 Å². The summed E-state index contributed by atoms with van der Waals surface area (Å²) < 4.78 is 23.5. The Hall–Kier alpha value is -0.800. The second-order valence-corrected chi connectivity index (χ2v) is 18.0. The van der Waals surface area contributed by atoms with E-state index in [2.05, 4.69) is 31.3 Å². The summed E-state index contributed by atoms with van der Waals surface area (Å²) in [5, 5.41) is 24.6. The minimum atomic E-state index is -4.41. The summed E-state index contributed by atoms with van der Waals surface area (Å²) in [7, 11) is 1.43. The van der Waals surface area contributed by atoms with E-state index in [1.165, 1.54) is 135 Å². The lowest BCUT2D eigenvalue weighted by atomic mass is 10.0. The first-order chi connectivity index (χ1) is 25.4. The standard InChI is InChI=1S/C43H87N2O7P/c1-6-8-10-12-14-16-18-20-21-22-23-24-26-28-30-32-34-36-42(47)44-40(39-52-53(49,50)51-38-37-45(3,4)5)43(48)41(46)35-33-31-29-27-25-19-17-15-13-11-9-7-2/h27,29,40-41,43,46,48H,6-26,28,30-39H2,1-5H3,(H-,44,47,49,50)/p+1/b29-27+. The highest BCUT2D eigenvalue weighted by Crippen LogP contribution is 2.43. The van der Waals surface area contributed by atoms with Crippen LogP contribution >= 0.6 is 7.82 Å². The zero-order chi connectivity index (χ0) is 39.5. The third kappa shape index (κ3) is 36.6. The first-order valence-corrected chi connectivity index (χ1v) is 23.6. The maximum atomic E-state index is 12.9. The van der Waals surface area contributed by atoms with Crippen molar-refractivity contribution in [3.05, 3.63) is 12.2 Å². The molecule has 316 valence electrons. The van der Waals surface area contributed by atoms with Gasteiger partial charge in [-0.05, 0) is 38.5 Å². The van der Waals surface area contributed by atoms with E-state index in [-0.39, 0.29) is 18.9 Å². The van der Waals surface area contributed by atoms with Crippen LogP contribution in [0.5, 0.6) is 0 Å². The summed E-state index contributed by atoms with van der Waals surface area (Å²) >= 11 is 0. The fourth-order valence-corrected chi connectivity index (χ4v) is 7.23. The molecule has 0 radical (unpaired) electrons. The van der Waals surface area contributed by atoms with Crippen molar-refractivity contribution in [1.29, 1.82) is 0 Å². The number of carbonyl (C=O) groups is 1. The number of phosphoric acid groups is 1. The average molecular weight is 776 g/mol. The van der Waals surface area contributed by atoms with Crippen LogP contribution in [0.4, 0.5) is 0 Å². The zero-order valence-corrected chi connectivity index (χ0v) is 36.3. The molecule has 53 heavy (non-hydrogen) atoms. The smallest absolute Gasteiger partial charge is 0.390 e. The zero-order valence-electron chi connectivity index (χ0n) is 35.4. The molecule has 0 aromatic carbocycles. The Morgan fingerprint density at radius 3 is 1.51 bits per heavy atom. The minimum absolute atomic E-state index is 0.0191. The van der Waals surface area contributed by atoms with Gasteiger partial charge in [-0.3, -0.25) is 13.8 Å². The number of aliphatic hydroxyl groups excluding tert-OH is 2. The molecule has 0 saturated heterocycles. The van der Waals surface area contributed by atoms with Crippen molar-refractivity contribution < 1.29 is 38.0 Å². The number of quaternary nitrogens is 1. The number of nitrogens with one attached hydrogen (secondary N) is 1. The Balaban J connectivity index is 4.50. The van der Waals surface area contributed by atoms with E-state index in [9.17, 15) is 24.5 Å². The molecule has 9 nitrogen and oxygen atoms in total. The summed E-state index contributed by atoms with van der Waals surface area (Å²) in [4.78, 5) is 23.1. The first-order valence-electron chi connectivity index (χ1n) is 22.1. The molecule has 4 N–H and O–H groups in total. The van der Waals surface area contributed by atoms with Gasteiger partial charge in [0.05, 0.1) is 39.9 Å². The van der Waals surface area contributed by atoms with Crippen LogP contribution < -0.4 is 5.32 Å². The summed E-state index contributed by atoms with van der Waals surface area (Å²) in [6.45, 7) is 4.58. The molecule has 0 spiro atoms. The van der Waals surface area contributed by atoms with Crippen LogP contribution in [0.25, 0.3) is 0 Å². The lowest BCUT2D eigenvalue weighted by Crippen LogP contribution is -2.51. The van der Waals surface area contributed by atoms with E-state index in [1.54, 1.807) is 0 Å². The fraction of sp³-hybridized carbons (Fsp3) is 0.930. The molecule has 0 aromatic heterocycles. The van der Waals surface area contributed by atoms with Gasteiger partial charge in [0.2, 0.25) is 5.91 Å².